The van der Waals surface area contributed by atoms with Crippen molar-refractivity contribution >= 4 is 11.6 Å². The molecule has 2 N–H and O–H groups in total. The quantitative estimate of drug-likeness (QED) is 0.708. The number of hydrogen-bond acceptors (Lipinski definition) is 4. The summed E-state index contributed by atoms with van der Waals surface area (Å²) in [5, 5.41) is 6.09. The van der Waals surface area contributed by atoms with Crippen molar-refractivity contribution in [1.82, 2.24) is 20.0 Å². The predicted molar refractivity (Wildman–Crippen MR) is 81.1 cm³/mol. The number of nitrogens with zero attached hydrogens (tertiary/aromatic N) is 2. The summed E-state index contributed by atoms with van der Waals surface area (Å²) in [6, 6.07) is 5.95. The number of rotatable bonds is 8. The molecule has 0 aliphatic rings. The van der Waals surface area contributed by atoms with Gasteiger partial charge in [-0.3, -0.25) is 4.79 Å². The van der Waals surface area contributed by atoms with Crippen molar-refractivity contribution in [2.75, 3.05) is 26.8 Å². The van der Waals surface area contributed by atoms with Crippen LogP contribution in [0, 0.1) is 6.92 Å². The van der Waals surface area contributed by atoms with E-state index in [1.165, 1.54) is 0 Å². The summed E-state index contributed by atoms with van der Waals surface area (Å²) in [7, 11) is 1.62. The average molecular weight is 290 g/mol. The molecule has 0 aliphatic carbocycles. The van der Waals surface area contributed by atoms with Gasteiger partial charge in [0.05, 0.1) is 18.0 Å². The smallest absolute Gasteiger partial charge is 0.221 e. The van der Waals surface area contributed by atoms with Crippen LogP contribution in [-0.2, 0) is 16.1 Å². The van der Waals surface area contributed by atoms with Crippen LogP contribution in [0.15, 0.2) is 24.4 Å². The van der Waals surface area contributed by atoms with Crippen molar-refractivity contribution in [3.63, 3.8) is 0 Å². The van der Waals surface area contributed by atoms with Crippen LogP contribution >= 0.6 is 0 Å². The number of fused-ring (bicyclic) bond motifs is 1. The maximum absolute atomic E-state index is 11.5. The molecule has 0 unspecified atom stereocenters. The zero-order valence-electron chi connectivity index (χ0n) is 12.6. The normalized spacial score (nSPS) is 11.0. The molecular weight excluding hydrogens is 268 g/mol. The molecule has 114 valence electrons. The lowest BCUT2D eigenvalue weighted by Gasteiger charge is -2.07. The zero-order chi connectivity index (χ0) is 15.1. The second-order valence-electron chi connectivity index (χ2n) is 4.84. The molecule has 0 saturated heterocycles. The van der Waals surface area contributed by atoms with E-state index in [1.807, 2.05) is 31.3 Å². The molecular formula is C15H22N4O2. The number of aryl methyl sites for hydroxylation is 1. The standard InChI is InChI=1S/C15H22N4O2/c1-12-13(19-9-4-3-5-14(19)18-12)11-16-7-6-15(20)17-8-10-21-2/h3-5,9,16H,6-8,10-11H2,1-2H3,(H,17,20). The summed E-state index contributed by atoms with van der Waals surface area (Å²) in [6.45, 7) is 4.43. The first-order valence-corrected chi connectivity index (χ1v) is 7.11. The molecule has 0 bridgehead atoms. The van der Waals surface area contributed by atoms with Gasteiger partial charge in [0.15, 0.2) is 0 Å². The Hall–Kier alpha value is -1.92. The summed E-state index contributed by atoms with van der Waals surface area (Å²) in [5.41, 5.74) is 3.09. The molecule has 0 aliphatic heterocycles. The number of amides is 1. The minimum absolute atomic E-state index is 0.0365. The lowest BCUT2D eigenvalue weighted by molar-refractivity contribution is -0.121. The fraction of sp³-hybridized carbons (Fsp3) is 0.467. The van der Waals surface area contributed by atoms with Crippen LogP contribution in [0.2, 0.25) is 0 Å². The van der Waals surface area contributed by atoms with E-state index in [2.05, 4.69) is 20.0 Å². The number of nitrogens with one attached hydrogen (secondary N) is 2. The van der Waals surface area contributed by atoms with Crippen LogP contribution in [0.1, 0.15) is 17.8 Å². The van der Waals surface area contributed by atoms with Gasteiger partial charge in [0.2, 0.25) is 5.91 Å². The number of carbonyl (C=O) groups is 1. The highest BCUT2D eigenvalue weighted by atomic mass is 16.5. The van der Waals surface area contributed by atoms with E-state index in [0.717, 1.165) is 17.0 Å². The molecule has 6 heteroatoms. The number of pyridine rings is 1. The highest BCUT2D eigenvalue weighted by molar-refractivity contribution is 5.76. The van der Waals surface area contributed by atoms with E-state index in [-0.39, 0.29) is 5.91 Å². The first kappa shape index (κ1) is 15.5. The minimum atomic E-state index is 0.0365. The number of imidazole rings is 1. The molecule has 2 aromatic heterocycles. The summed E-state index contributed by atoms with van der Waals surface area (Å²) in [6.07, 6.45) is 2.46. The van der Waals surface area contributed by atoms with Gasteiger partial charge >= 0.3 is 0 Å². The van der Waals surface area contributed by atoms with Crippen molar-refractivity contribution in [2.24, 2.45) is 0 Å². The van der Waals surface area contributed by atoms with Gasteiger partial charge in [0.1, 0.15) is 5.65 Å². The molecule has 1 amide bonds. The van der Waals surface area contributed by atoms with Gasteiger partial charge in [-0.25, -0.2) is 4.98 Å². The topological polar surface area (TPSA) is 67.7 Å². The maximum atomic E-state index is 11.5. The van der Waals surface area contributed by atoms with Crippen molar-refractivity contribution < 1.29 is 9.53 Å². The molecule has 2 aromatic rings. The van der Waals surface area contributed by atoms with Gasteiger partial charge in [-0.1, -0.05) is 6.07 Å². The number of ether oxygens (including phenoxy) is 1. The summed E-state index contributed by atoms with van der Waals surface area (Å²) >= 11 is 0. The highest BCUT2D eigenvalue weighted by Gasteiger charge is 2.07. The van der Waals surface area contributed by atoms with Crippen LogP contribution in [0.3, 0.4) is 0 Å². The van der Waals surface area contributed by atoms with Gasteiger partial charge in [0, 0.05) is 39.4 Å². The van der Waals surface area contributed by atoms with Crippen molar-refractivity contribution in [1.29, 1.82) is 0 Å². The molecule has 0 saturated carbocycles. The second-order valence-corrected chi connectivity index (χ2v) is 4.84. The van der Waals surface area contributed by atoms with Crippen molar-refractivity contribution in [3.8, 4) is 0 Å². The fourth-order valence-corrected chi connectivity index (χ4v) is 2.17. The predicted octanol–water partition coefficient (Wildman–Crippen LogP) is 0.885. The molecule has 21 heavy (non-hydrogen) atoms. The first-order valence-electron chi connectivity index (χ1n) is 7.11. The molecule has 2 rings (SSSR count). The molecule has 2 heterocycles. The Morgan fingerprint density at radius 1 is 1.38 bits per heavy atom. The third kappa shape index (κ3) is 4.27. The molecule has 0 spiro atoms. The van der Waals surface area contributed by atoms with E-state index in [4.69, 9.17) is 4.74 Å². The Kier molecular flexibility index (Phi) is 5.71. The Labute approximate surface area is 124 Å². The van der Waals surface area contributed by atoms with Crippen LogP contribution in [0.5, 0.6) is 0 Å². The van der Waals surface area contributed by atoms with Crippen LogP contribution in [0.4, 0.5) is 0 Å². The third-order valence-electron chi connectivity index (χ3n) is 3.28. The SMILES string of the molecule is COCCNC(=O)CCNCc1c(C)nc2ccccn12. The van der Waals surface area contributed by atoms with Crippen molar-refractivity contribution in [3.05, 3.63) is 35.8 Å². The van der Waals surface area contributed by atoms with E-state index in [0.29, 0.717) is 32.7 Å². The minimum Gasteiger partial charge on any atom is -0.383 e. The largest absolute Gasteiger partial charge is 0.383 e. The van der Waals surface area contributed by atoms with E-state index < -0.39 is 0 Å². The number of methoxy groups -OCH3 is 1. The summed E-state index contributed by atoms with van der Waals surface area (Å²) in [5.74, 6) is 0.0365. The second kappa shape index (κ2) is 7.75. The van der Waals surface area contributed by atoms with Gasteiger partial charge < -0.3 is 19.8 Å². The van der Waals surface area contributed by atoms with E-state index in [1.54, 1.807) is 7.11 Å². The maximum Gasteiger partial charge on any atom is 0.221 e. The Morgan fingerprint density at radius 3 is 3.05 bits per heavy atom. The first-order chi connectivity index (χ1) is 10.2. The molecule has 0 aromatic carbocycles. The monoisotopic (exact) mass is 290 g/mol. The van der Waals surface area contributed by atoms with Crippen molar-refractivity contribution in [2.45, 2.75) is 19.9 Å². The van der Waals surface area contributed by atoms with Gasteiger partial charge in [-0.05, 0) is 19.1 Å². The summed E-state index contributed by atoms with van der Waals surface area (Å²) in [4.78, 5) is 16.0. The lowest BCUT2D eigenvalue weighted by atomic mass is 10.3. The summed E-state index contributed by atoms with van der Waals surface area (Å²) < 4.78 is 6.95. The van der Waals surface area contributed by atoms with E-state index in [9.17, 15) is 4.79 Å². The highest BCUT2D eigenvalue weighted by Crippen LogP contribution is 2.11. The molecule has 0 atom stereocenters. The Morgan fingerprint density at radius 2 is 2.24 bits per heavy atom. The Balaban J connectivity index is 1.78. The Bertz CT molecular complexity index is 594. The third-order valence-corrected chi connectivity index (χ3v) is 3.28. The molecule has 6 nitrogen and oxygen atoms in total. The fourth-order valence-electron chi connectivity index (χ4n) is 2.17. The number of aromatic nitrogens is 2. The average Bonchev–Trinajstić information content (AvgIpc) is 2.80. The lowest BCUT2D eigenvalue weighted by Crippen LogP contribution is -2.30. The molecule has 0 fully saturated rings. The van der Waals surface area contributed by atoms with Crippen LogP contribution in [-0.4, -0.2) is 42.1 Å². The van der Waals surface area contributed by atoms with Crippen LogP contribution < -0.4 is 10.6 Å². The van der Waals surface area contributed by atoms with Gasteiger partial charge in [-0.2, -0.15) is 0 Å². The van der Waals surface area contributed by atoms with E-state index >= 15 is 0 Å². The van der Waals surface area contributed by atoms with Gasteiger partial charge in [0.25, 0.3) is 0 Å². The number of hydrogen-bond donors (Lipinski definition) is 2. The van der Waals surface area contributed by atoms with Crippen LogP contribution in [0.25, 0.3) is 5.65 Å². The molecule has 0 radical (unpaired) electrons. The van der Waals surface area contributed by atoms with Gasteiger partial charge in [-0.15, -0.1) is 0 Å². The zero-order valence-corrected chi connectivity index (χ0v) is 12.6. The number of carbonyl (C=O) groups excluding carboxylic acids is 1.